The molecule has 1 amide bonds. The second kappa shape index (κ2) is 7.08. The number of nitrogens with one attached hydrogen (secondary N) is 1. The Morgan fingerprint density at radius 1 is 0.964 bits per heavy atom. The first kappa shape index (κ1) is 18.2. The van der Waals surface area contributed by atoms with E-state index >= 15 is 0 Å². The molecule has 1 N–H and O–H groups in total. The monoisotopic (exact) mass is 373 g/mol. The van der Waals surface area contributed by atoms with Crippen molar-refractivity contribution in [3.05, 3.63) is 83.2 Å². The highest BCUT2D eigenvalue weighted by Crippen LogP contribution is 2.41. The molecule has 1 fully saturated rings. The summed E-state index contributed by atoms with van der Waals surface area (Å²) in [6.45, 7) is 3.59. The van der Waals surface area contributed by atoms with E-state index in [4.69, 9.17) is 0 Å². The van der Waals surface area contributed by atoms with Gasteiger partial charge in [0.25, 0.3) is 11.7 Å². The highest BCUT2D eigenvalue weighted by Gasteiger charge is 2.41. The van der Waals surface area contributed by atoms with Crippen molar-refractivity contribution in [2.45, 2.75) is 38.6 Å². The van der Waals surface area contributed by atoms with Crippen LogP contribution in [0.2, 0.25) is 0 Å². The summed E-state index contributed by atoms with van der Waals surface area (Å²) < 4.78 is 1.71. The van der Waals surface area contributed by atoms with Crippen LogP contribution in [0.5, 0.6) is 0 Å². The minimum Gasteiger partial charge on any atom is -0.340 e. The molecule has 0 saturated heterocycles. The quantitative estimate of drug-likeness (QED) is 0.545. The van der Waals surface area contributed by atoms with Gasteiger partial charge in [0, 0.05) is 0 Å². The maximum atomic E-state index is 13.0. The minimum absolute atomic E-state index is 0.379. The van der Waals surface area contributed by atoms with Crippen molar-refractivity contribution < 1.29 is 9.59 Å². The Balaban J connectivity index is 1.62. The first-order chi connectivity index (χ1) is 13.5. The Morgan fingerprint density at radius 2 is 1.57 bits per heavy atom. The van der Waals surface area contributed by atoms with Gasteiger partial charge in [-0.25, -0.2) is 4.68 Å². The molecule has 1 aliphatic carbocycles. The number of ketones is 1. The number of aryl methyl sites for hydroxylation is 1. The second-order valence-electron chi connectivity index (χ2n) is 7.38. The van der Waals surface area contributed by atoms with Gasteiger partial charge < -0.3 is 5.32 Å². The molecule has 0 spiro atoms. The van der Waals surface area contributed by atoms with Gasteiger partial charge in [-0.05, 0) is 50.8 Å². The lowest BCUT2D eigenvalue weighted by molar-refractivity contribution is -0.120. The zero-order chi connectivity index (χ0) is 19.7. The molecule has 28 heavy (non-hydrogen) atoms. The largest absolute Gasteiger partial charge is 0.340 e. The third-order valence-corrected chi connectivity index (χ3v) is 5.61. The Hall–Kier alpha value is -3.21. The van der Waals surface area contributed by atoms with Crippen molar-refractivity contribution in [2.24, 2.45) is 0 Å². The third kappa shape index (κ3) is 3.03. The van der Waals surface area contributed by atoms with Crippen LogP contribution in [0, 0.1) is 13.8 Å². The molecule has 142 valence electrons. The SMILES string of the molecule is Cc1nn(-c2ccccc2)c(C)c1C(=O)C(=O)NC1(c2ccccc2)CCC1. The van der Waals surface area contributed by atoms with Crippen molar-refractivity contribution in [1.29, 1.82) is 0 Å². The van der Waals surface area contributed by atoms with E-state index in [0.717, 1.165) is 30.5 Å². The van der Waals surface area contributed by atoms with Crippen LogP contribution in [-0.4, -0.2) is 21.5 Å². The van der Waals surface area contributed by atoms with E-state index in [9.17, 15) is 9.59 Å². The fourth-order valence-corrected chi connectivity index (χ4v) is 3.95. The van der Waals surface area contributed by atoms with Gasteiger partial charge in [0.2, 0.25) is 0 Å². The highest BCUT2D eigenvalue weighted by atomic mass is 16.2. The van der Waals surface area contributed by atoms with E-state index in [0.29, 0.717) is 17.0 Å². The predicted molar refractivity (Wildman–Crippen MR) is 107 cm³/mol. The molecule has 0 atom stereocenters. The first-order valence-electron chi connectivity index (χ1n) is 9.56. The molecule has 1 aliphatic rings. The fourth-order valence-electron chi connectivity index (χ4n) is 3.95. The van der Waals surface area contributed by atoms with Crippen molar-refractivity contribution in [3.8, 4) is 5.69 Å². The molecular formula is C23H23N3O2. The molecule has 0 unspecified atom stereocenters. The first-order valence-corrected chi connectivity index (χ1v) is 9.56. The van der Waals surface area contributed by atoms with Gasteiger partial charge in [-0.1, -0.05) is 48.5 Å². The van der Waals surface area contributed by atoms with Crippen LogP contribution in [0.25, 0.3) is 5.69 Å². The van der Waals surface area contributed by atoms with Crippen LogP contribution in [0.15, 0.2) is 60.7 Å². The number of hydrogen-bond donors (Lipinski definition) is 1. The number of aromatic nitrogens is 2. The zero-order valence-electron chi connectivity index (χ0n) is 16.1. The minimum atomic E-state index is -0.567. The summed E-state index contributed by atoms with van der Waals surface area (Å²) in [6, 6.07) is 19.5. The average molecular weight is 373 g/mol. The number of hydrogen-bond acceptors (Lipinski definition) is 3. The average Bonchev–Trinajstić information content (AvgIpc) is 2.99. The number of nitrogens with zero attached hydrogens (tertiary/aromatic N) is 2. The van der Waals surface area contributed by atoms with Crippen LogP contribution >= 0.6 is 0 Å². The topological polar surface area (TPSA) is 64.0 Å². The van der Waals surface area contributed by atoms with E-state index < -0.39 is 17.2 Å². The van der Waals surface area contributed by atoms with Gasteiger partial charge >= 0.3 is 0 Å². The number of carbonyl (C=O) groups excluding carboxylic acids is 2. The van der Waals surface area contributed by atoms with Crippen molar-refractivity contribution in [2.75, 3.05) is 0 Å². The molecule has 1 aromatic heterocycles. The number of Topliss-reactive ketones (excluding diaryl/α,β-unsaturated/α-hetero) is 1. The molecule has 5 nitrogen and oxygen atoms in total. The molecule has 1 saturated carbocycles. The summed E-state index contributed by atoms with van der Waals surface area (Å²) in [4.78, 5) is 25.9. The molecule has 1 heterocycles. The van der Waals surface area contributed by atoms with E-state index in [1.165, 1.54) is 0 Å². The van der Waals surface area contributed by atoms with Crippen molar-refractivity contribution in [1.82, 2.24) is 15.1 Å². The Kier molecular flexibility index (Phi) is 4.59. The predicted octanol–water partition coefficient (Wildman–Crippen LogP) is 3.87. The smallest absolute Gasteiger partial charge is 0.293 e. The Morgan fingerprint density at radius 3 is 2.14 bits per heavy atom. The van der Waals surface area contributed by atoms with E-state index in [2.05, 4.69) is 10.4 Å². The molecule has 5 heteroatoms. The van der Waals surface area contributed by atoms with Crippen molar-refractivity contribution >= 4 is 11.7 Å². The Labute approximate surface area is 164 Å². The maximum absolute atomic E-state index is 13.0. The van der Waals surface area contributed by atoms with E-state index in [-0.39, 0.29) is 0 Å². The fraction of sp³-hybridized carbons (Fsp3) is 0.261. The Bertz CT molecular complexity index is 1020. The number of carbonyl (C=O) groups is 2. The van der Waals surface area contributed by atoms with E-state index in [1.807, 2.05) is 67.6 Å². The van der Waals surface area contributed by atoms with Crippen LogP contribution in [0.1, 0.15) is 46.6 Å². The summed E-state index contributed by atoms with van der Waals surface area (Å²) in [5, 5.41) is 7.51. The van der Waals surface area contributed by atoms with Crippen LogP contribution < -0.4 is 5.32 Å². The summed E-state index contributed by atoms with van der Waals surface area (Å²) in [5.74, 6) is -1.10. The normalized spacial score (nSPS) is 14.9. The molecule has 4 rings (SSSR count). The summed E-state index contributed by atoms with van der Waals surface area (Å²) in [6.07, 6.45) is 2.72. The summed E-state index contributed by atoms with van der Waals surface area (Å²) in [7, 11) is 0. The number of amides is 1. The molecule has 0 radical (unpaired) electrons. The maximum Gasteiger partial charge on any atom is 0.293 e. The number of benzene rings is 2. The number of para-hydroxylation sites is 1. The van der Waals surface area contributed by atoms with Crippen LogP contribution in [0.4, 0.5) is 0 Å². The third-order valence-electron chi connectivity index (χ3n) is 5.61. The molecular weight excluding hydrogens is 350 g/mol. The lowest BCUT2D eigenvalue weighted by Crippen LogP contribution is -2.52. The van der Waals surface area contributed by atoms with Crippen molar-refractivity contribution in [3.63, 3.8) is 0 Å². The molecule has 0 aliphatic heterocycles. The molecule has 0 bridgehead atoms. The standard InChI is InChI=1S/C23H23N3O2/c1-16-20(17(2)26(25-16)19-12-7-4-8-13-19)21(27)22(28)24-23(14-9-15-23)18-10-5-3-6-11-18/h3-8,10-13H,9,14-15H2,1-2H3,(H,24,28). The number of rotatable bonds is 5. The van der Waals surface area contributed by atoms with Crippen LogP contribution in [-0.2, 0) is 10.3 Å². The van der Waals surface area contributed by atoms with Gasteiger partial charge in [-0.15, -0.1) is 0 Å². The summed E-state index contributed by atoms with van der Waals surface area (Å²) in [5.41, 5.74) is 3.09. The van der Waals surface area contributed by atoms with Gasteiger partial charge in [-0.3, -0.25) is 9.59 Å². The zero-order valence-corrected chi connectivity index (χ0v) is 16.1. The highest BCUT2D eigenvalue weighted by molar-refractivity contribution is 6.43. The van der Waals surface area contributed by atoms with Gasteiger partial charge in [0.05, 0.1) is 28.2 Å². The lowest BCUT2D eigenvalue weighted by Gasteiger charge is -2.43. The molecule has 2 aromatic carbocycles. The van der Waals surface area contributed by atoms with Crippen LogP contribution in [0.3, 0.4) is 0 Å². The van der Waals surface area contributed by atoms with Gasteiger partial charge in [-0.2, -0.15) is 5.10 Å². The van der Waals surface area contributed by atoms with Gasteiger partial charge in [0.1, 0.15) is 0 Å². The van der Waals surface area contributed by atoms with Gasteiger partial charge in [0.15, 0.2) is 0 Å². The molecule has 3 aromatic rings. The summed E-state index contributed by atoms with van der Waals surface area (Å²) >= 11 is 0. The van der Waals surface area contributed by atoms with E-state index in [1.54, 1.807) is 11.6 Å². The second-order valence-corrected chi connectivity index (χ2v) is 7.38. The lowest BCUT2D eigenvalue weighted by atomic mass is 9.71.